The van der Waals surface area contributed by atoms with Gasteiger partial charge in [-0.05, 0) is 18.2 Å². The molecule has 0 saturated heterocycles. The molecule has 0 radical (unpaired) electrons. The van der Waals surface area contributed by atoms with Crippen molar-refractivity contribution >= 4 is 11.8 Å². The number of nitrogens with zero attached hydrogens (tertiary/aromatic N) is 3. The molecule has 5 heteroatoms. The van der Waals surface area contributed by atoms with E-state index in [4.69, 9.17) is 9.68 Å². The fourth-order valence-corrected chi connectivity index (χ4v) is 1.56. The molecule has 74 valence electrons. The molecule has 0 aliphatic rings. The van der Waals surface area contributed by atoms with Crippen LogP contribution in [0.2, 0.25) is 0 Å². The highest BCUT2D eigenvalue weighted by Crippen LogP contribution is 2.19. The standard InChI is InChI=1S/C10H7N3OS/c11-4-7-15-10-12-5-3-8(13-10)9-2-1-6-14-9/h1-3,5-6H,7H2. The van der Waals surface area contributed by atoms with Crippen LogP contribution >= 0.6 is 11.8 Å². The van der Waals surface area contributed by atoms with E-state index in [2.05, 4.69) is 9.97 Å². The Hall–Kier alpha value is -1.80. The number of hydrogen-bond acceptors (Lipinski definition) is 5. The first-order valence-corrected chi connectivity index (χ1v) is 5.25. The van der Waals surface area contributed by atoms with Crippen molar-refractivity contribution in [3.8, 4) is 17.5 Å². The number of rotatable bonds is 3. The maximum absolute atomic E-state index is 8.44. The zero-order chi connectivity index (χ0) is 10.5. The van der Waals surface area contributed by atoms with E-state index < -0.39 is 0 Å². The predicted molar refractivity (Wildman–Crippen MR) is 56.1 cm³/mol. The van der Waals surface area contributed by atoms with Crippen molar-refractivity contribution in [2.45, 2.75) is 5.16 Å². The third-order valence-electron chi connectivity index (χ3n) is 1.67. The molecule has 2 heterocycles. The second-order valence-corrected chi connectivity index (χ2v) is 3.59. The minimum Gasteiger partial charge on any atom is -0.463 e. The average Bonchev–Trinajstić information content (AvgIpc) is 2.80. The van der Waals surface area contributed by atoms with E-state index in [9.17, 15) is 0 Å². The van der Waals surface area contributed by atoms with Gasteiger partial charge in [-0.15, -0.1) is 0 Å². The quantitative estimate of drug-likeness (QED) is 0.583. The first-order valence-electron chi connectivity index (χ1n) is 4.27. The molecule has 0 bridgehead atoms. The Morgan fingerprint density at radius 1 is 1.47 bits per heavy atom. The van der Waals surface area contributed by atoms with Crippen LogP contribution in [0, 0.1) is 11.3 Å². The minimum atomic E-state index is 0.349. The monoisotopic (exact) mass is 217 g/mol. The van der Waals surface area contributed by atoms with Gasteiger partial charge in [0.1, 0.15) is 5.69 Å². The summed E-state index contributed by atoms with van der Waals surface area (Å²) in [4.78, 5) is 8.31. The molecule has 0 amide bonds. The van der Waals surface area contributed by atoms with Crippen LogP contribution in [0.15, 0.2) is 40.2 Å². The number of thioether (sulfide) groups is 1. The summed E-state index contributed by atoms with van der Waals surface area (Å²) >= 11 is 1.31. The molecule has 2 aromatic rings. The molecule has 0 fully saturated rings. The maximum Gasteiger partial charge on any atom is 0.189 e. The number of aromatic nitrogens is 2. The van der Waals surface area contributed by atoms with Crippen molar-refractivity contribution in [2.24, 2.45) is 0 Å². The third kappa shape index (κ3) is 2.36. The summed E-state index contributed by atoms with van der Waals surface area (Å²) in [6.45, 7) is 0. The van der Waals surface area contributed by atoms with Gasteiger partial charge in [0.25, 0.3) is 0 Å². The first kappa shape index (κ1) is 9.74. The molecular weight excluding hydrogens is 210 g/mol. The van der Waals surface area contributed by atoms with Gasteiger partial charge in [0.05, 0.1) is 18.1 Å². The first-order chi connectivity index (χ1) is 7.40. The second kappa shape index (κ2) is 4.62. The second-order valence-electron chi connectivity index (χ2n) is 2.65. The topological polar surface area (TPSA) is 62.7 Å². The summed E-state index contributed by atoms with van der Waals surface area (Å²) < 4.78 is 5.21. The van der Waals surface area contributed by atoms with E-state index in [1.165, 1.54) is 11.8 Å². The average molecular weight is 217 g/mol. The van der Waals surface area contributed by atoms with Crippen LogP contribution in [-0.4, -0.2) is 15.7 Å². The van der Waals surface area contributed by atoms with Gasteiger partial charge in [0.15, 0.2) is 10.9 Å². The van der Waals surface area contributed by atoms with Crippen LogP contribution < -0.4 is 0 Å². The largest absolute Gasteiger partial charge is 0.463 e. The highest BCUT2D eigenvalue weighted by atomic mass is 32.2. The van der Waals surface area contributed by atoms with E-state index in [0.717, 1.165) is 5.69 Å². The molecule has 0 spiro atoms. The highest BCUT2D eigenvalue weighted by molar-refractivity contribution is 7.99. The molecule has 4 nitrogen and oxygen atoms in total. The summed E-state index contributed by atoms with van der Waals surface area (Å²) in [6, 6.07) is 7.44. The molecule has 2 rings (SSSR count). The van der Waals surface area contributed by atoms with Gasteiger partial charge in [0, 0.05) is 6.20 Å². The third-order valence-corrected chi connectivity index (χ3v) is 2.40. The number of furan rings is 1. The normalized spacial score (nSPS) is 9.80. The van der Waals surface area contributed by atoms with E-state index >= 15 is 0 Å². The molecule has 15 heavy (non-hydrogen) atoms. The van der Waals surface area contributed by atoms with E-state index in [0.29, 0.717) is 16.7 Å². The van der Waals surface area contributed by atoms with Crippen LogP contribution in [0.25, 0.3) is 11.5 Å². The lowest BCUT2D eigenvalue weighted by molar-refractivity contribution is 0.579. The zero-order valence-electron chi connectivity index (χ0n) is 7.75. The summed E-state index contributed by atoms with van der Waals surface area (Å²) in [7, 11) is 0. The Kier molecular flexibility index (Phi) is 3.00. The summed E-state index contributed by atoms with van der Waals surface area (Å²) in [5.74, 6) is 1.05. The van der Waals surface area contributed by atoms with Crippen LogP contribution in [-0.2, 0) is 0 Å². The SMILES string of the molecule is N#CCSc1nccc(-c2ccco2)n1. The summed E-state index contributed by atoms with van der Waals surface area (Å²) in [5, 5.41) is 9.02. The highest BCUT2D eigenvalue weighted by Gasteiger charge is 2.04. The van der Waals surface area contributed by atoms with Gasteiger partial charge >= 0.3 is 0 Å². The predicted octanol–water partition coefficient (Wildman–Crippen LogP) is 2.35. The van der Waals surface area contributed by atoms with Crippen LogP contribution in [0.4, 0.5) is 0 Å². The fraction of sp³-hybridized carbons (Fsp3) is 0.100. The van der Waals surface area contributed by atoms with E-state index in [1.807, 2.05) is 12.1 Å². The van der Waals surface area contributed by atoms with Gasteiger partial charge < -0.3 is 4.42 Å². The van der Waals surface area contributed by atoms with Crippen molar-refractivity contribution in [2.75, 3.05) is 5.75 Å². The van der Waals surface area contributed by atoms with Crippen LogP contribution in [0.5, 0.6) is 0 Å². The van der Waals surface area contributed by atoms with Crippen LogP contribution in [0.3, 0.4) is 0 Å². The van der Waals surface area contributed by atoms with Crippen molar-refractivity contribution in [3.63, 3.8) is 0 Å². The summed E-state index contributed by atoms with van der Waals surface area (Å²) in [5.41, 5.74) is 0.732. The van der Waals surface area contributed by atoms with Crippen molar-refractivity contribution < 1.29 is 4.42 Å². The Morgan fingerprint density at radius 3 is 3.13 bits per heavy atom. The van der Waals surface area contributed by atoms with Gasteiger partial charge in [-0.25, -0.2) is 9.97 Å². The van der Waals surface area contributed by atoms with E-state index in [1.54, 1.807) is 24.6 Å². The fourth-order valence-electron chi connectivity index (χ4n) is 1.07. The minimum absolute atomic E-state index is 0.349. The lowest BCUT2D eigenvalue weighted by atomic mass is 10.3. The Labute approximate surface area is 91.0 Å². The molecule has 0 saturated carbocycles. The van der Waals surface area contributed by atoms with Gasteiger partial charge in [0.2, 0.25) is 0 Å². The lowest BCUT2D eigenvalue weighted by Gasteiger charge is -1.98. The Bertz CT molecular complexity index is 476. The van der Waals surface area contributed by atoms with Crippen LogP contribution in [0.1, 0.15) is 0 Å². The number of nitriles is 1. The molecule has 0 aliphatic carbocycles. The van der Waals surface area contributed by atoms with Gasteiger partial charge in [-0.1, -0.05) is 11.8 Å². The maximum atomic E-state index is 8.44. The molecule has 0 N–H and O–H groups in total. The van der Waals surface area contributed by atoms with Gasteiger partial charge in [-0.2, -0.15) is 5.26 Å². The van der Waals surface area contributed by atoms with E-state index in [-0.39, 0.29) is 0 Å². The van der Waals surface area contributed by atoms with Crippen molar-refractivity contribution in [1.82, 2.24) is 9.97 Å². The van der Waals surface area contributed by atoms with Crippen molar-refractivity contribution in [1.29, 1.82) is 5.26 Å². The Morgan fingerprint density at radius 2 is 2.40 bits per heavy atom. The molecular formula is C10H7N3OS. The molecule has 0 aromatic carbocycles. The molecule has 2 aromatic heterocycles. The smallest absolute Gasteiger partial charge is 0.189 e. The summed E-state index contributed by atoms with van der Waals surface area (Å²) in [6.07, 6.45) is 3.25. The molecule has 0 atom stereocenters. The van der Waals surface area contributed by atoms with Gasteiger partial charge in [-0.3, -0.25) is 0 Å². The van der Waals surface area contributed by atoms with Crippen molar-refractivity contribution in [3.05, 3.63) is 30.7 Å². The Balaban J connectivity index is 2.24. The molecule has 0 aliphatic heterocycles. The lowest BCUT2D eigenvalue weighted by Crippen LogP contribution is -1.88. The zero-order valence-corrected chi connectivity index (χ0v) is 8.57. The number of hydrogen-bond donors (Lipinski definition) is 0. The molecule has 0 unspecified atom stereocenters.